The van der Waals surface area contributed by atoms with Gasteiger partial charge in [-0.3, -0.25) is 4.79 Å². The first-order valence-electron chi connectivity index (χ1n) is 8.60. The first kappa shape index (κ1) is 18.3. The van der Waals surface area contributed by atoms with Crippen LogP contribution in [-0.4, -0.2) is 17.5 Å². The Kier molecular flexibility index (Phi) is 5.56. The molecule has 0 unspecified atom stereocenters. The van der Waals surface area contributed by atoms with Gasteiger partial charge in [0, 0.05) is 18.0 Å². The van der Waals surface area contributed by atoms with Crippen LogP contribution >= 0.6 is 0 Å². The second kappa shape index (κ2) is 8.23. The van der Waals surface area contributed by atoms with Crippen LogP contribution in [0.1, 0.15) is 22.8 Å². The molecule has 0 atom stereocenters. The van der Waals surface area contributed by atoms with Crippen molar-refractivity contribution >= 4 is 17.4 Å². The summed E-state index contributed by atoms with van der Waals surface area (Å²) < 4.78 is 11.5. The maximum atomic E-state index is 12.6. The van der Waals surface area contributed by atoms with E-state index in [1.165, 1.54) is 0 Å². The quantitative estimate of drug-likeness (QED) is 0.677. The molecule has 1 amide bonds. The molecule has 0 saturated carbocycles. The normalized spacial score (nSPS) is 10.3. The number of carbonyl (C=O) groups excluding carboxylic acids is 1. The number of hydrogen-bond acceptors (Lipinski definition) is 5. The van der Waals surface area contributed by atoms with Gasteiger partial charge in [0.15, 0.2) is 11.5 Å². The van der Waals surface area contributed by atoms with E-state index >= 15 is 0 Å². The van der Waals surface area contributed by atoms with Gasteiger partial charge in [-0.1, -0.05) is 18.2 Å². The Bertz CT molecular complexity index is 937. The Morgan fingerprint density at radius 1 is 1.11 bits per heavy atom. The second-order valence-corrected chi connectivity index (χ2v) is 5.85. The molecule has 138 valence electrons. The molecule has 0 saturated heterocycles. The number of nitrogens with zero attached hydrogens (tertiary/aromatic N) is 1. The molecule has 0 spiro atoms. The Labute approximate surface area is 158 Å². The van der Waals surface area contributed by atoms with E-state index in [4.69, 9.17) is 15.2 Å². The van der Waals surface area contributed by atoms with Gasteiger partial charge in [-0.25, -0.2) is 4.98 Å². The summed E-state index contributed by atoms with van der Waals surface area (Å²) in [6, 6.07) is 16.3. The van der Waals surface area contributed by atoms with Crippen LogP contribution < -0.4 is 20.5 Å². The van der Waals surface area contributed by atoms with Gasteiger partial charge >= 0.3 is 0 Å². The summed E-state index contributed by atoms with van der Waals surface area (Å²) in [6.07, 6.45) is 1.58. The van der Waals surface area contributed by atoms with E-state index in [0.29, 0.717) is 35.1 Å². The van der Waals surface area contributed by atoms with Crippen LogP contribution in [0.5, 0.6) is 17.2 Å². The summed E-state index contributed by atoms with van der Waals surface area (Å²) in [4.78, 5) is 16.6. The van der Waals surface area contributed by atoms with Gasteiger partial charge in [0.1, 0.15) is 11.6 Å². The third-order valence-corrected chi connectivity index (χ3v) is 3.88. The van der Waals surface area contributed by atoms with Crippen molar-refractivity contribution < 1.29 is 14.3 Å². The summed E-state index contributed by atoms with van der Waals surface area (Å²) in [7, 11) is 0. The topological polar surface area (TPSA) is 86.5 Å². The van der Waals surface area contributed by atoms with Crippen LogP contribution in [0, 0.1) is 6.92 Å². The molecule has 6 nitrogen and oxygen atoms in total. The lowest BCUT2D eigenvalue weighted by atomic mass is 10.1. The minimum absolute atomic E-state index is 0.200. The van der Waals surface area contributed by atoms with E-state index in [0.717, 1.165) is 5.56 Å². The summed E-state index contributed by atoms with van der Waals surface area (Å²) in [5, 5.41) is 2.84. The fourth-order valence-corrected chi connectivity index (χ4v) is 2.64. The highest BCUT2D eigenvalue weighted by Gasteiger charge is 2.14. The smallest absolute Gasteiger partial charge is 0.259 e. The van der Waals surface area contributed by atoms with E-state index in [1.807, 2.05) is 44.2 Å². The lowest BCUT2D eigenvalue weighted by Crippen LogP contribution is -2.16. The minimum atomic E-state index is -0.315. The summed E-state index contributed by atoms with van der Waals surface area (Å²) in [5.74, 6) is 1.73. The van der Waals surface area contributed by atoms with Crippen LogP contribution in [0.4, 0.5) is 11.5 Å². The van der Waals surface area contributed by atoms with Crippen molar-refractivity contribution in [2.75, 3.05) is 17.7 Å². The molecule has 0 aliphatic rings. The zero-order valence-electron chi connectivity index (χ0n) is 15.2. The maximum absolute atomic E-state index is 12.6. The molecule has 1 heterocycles. The third kappa shape index (κ3) is 4.36. The van der Waals surface area contributed by atoms with Crippen LogP contribution in [-0.2, 0) is 0 Å². The van der Waals surface area contributed by atoms with Gasteiger partial charge in [-0.05, 0) is 49.7 Å². The minimum Gasteiger partial charge on any atom is -0.490 e. The van der Waals surface area contributed by atoms with Crippen molar-refractivity contribution in [3.8, 4) is 17.2 Å². The third-order valence-electron chi connectivity index (χ3n) is 3.88. The van der Waals surface area contributed by atoms with Crippen molar-refractivity contribution in [1.29, 1.82) is 0 Å². The number of amides is 1. The standard InChI is InChI=1S/C21H21N3O3/c1-3-26-17-9-4-5-10-18(17)27-16-8-6-7-15(13-16)24-21(25)19-14(2)11-12-23-20(19)22/h4-13H,3H2,1-2H3,(H2,22,23)(H,24,25). The average molecular weight is 363 g/mol. The molecule has 3 aromatic rings. The van der Waals surface area contributed by atoms with E-state index in [9.17, 15) is 4.79 Å². The number of ether oxygens (including phenoxy) is 2. The molecule has 3 N–H and O–H groups in total. The average Bonchev–Trinajstić information content (AvgIpc) is 2.64. The number of benzene rings is 2. The van der Waals surface area contributed by atoms with Gasteiger partial charge in [0.25, 0.3) is 5.91 Å². The molecule has 0 aliphatic heterocycles. The molecule has 0 aliphatic carbocycles. The highest BCUT2D eigenvalue weighted by atomic mass is 16.5. The SMILES string of the molecule is CCOc1ccccc1Oc1cccc(NC(=O)c2c(C)ccnc2N)c1. The number of aryl methyl sites for hydroxylation is 1. The molecule has 27 heavy (non-hydrogen) atoms. The van der Waals surface area contributed by atoms with Crippen LogP contribution in [0.3, 0.4) is 0 Å². The van der Waals surface area contributed by atoms with Crippen molar-refractivity contribution in [2.45, 2.75) is 13.8 Å². The molecule has 2 aromatic carbocycles. The first-order chi connectivity index (χ1) is 13.1. The Balaban J connectivity index is 1.79. The Hall–Kier alpha value is -3.54. The molecule has 0 radical (unpaired) electrons. The number of rotatable bonds is 6. The molecule has 1 aromatic heterocycles. The summed E-state index contributed by atoms with van der Waals surface area (Å²) in [6.45, 7) is 4.28. The molecule has 0 fully saturated rings. The predicted octanol–water partition coefficient (Wildman–Crippen LogP) is 4.42. The zero-order valence-corrected chi connectivity index (χ0v) is 15.2. The lowest BCUT2D eigenvalue weighted by molar-refractivity contribution is 0.102. The second-order valence-electron chi connectivity index (χ2n) is 5.85. The van der Waals surface area contributed by atoms with E-state index in [-0.39, 0.29) is 11.7 Å². The molecule has 6 heteroatoms. The van der Waals surface area contributed by atoms with Crippen molar-refractivity contribution in [1.82, 2.24) is 4.98 Å². The first-order valence-corrected chi connectivity index (χ1v) is 8.60. The summed E-state index contributed by atoms with van der Waals surface area (Å²) in [5.41, 5.74) is 7.56. The Morgan fingerprint density at radius 2 is 1.89 bits per heavy atom. The monoisotopic (exact) mass is 363 g/mol. The van der Waals surface area contributed by atoms with Crippen molar-refractivity contribution in [2.24, 2.45) is 0 Å². The maximum Gasteiger partial charge on any atom is 0.259 e. The fourth-order valence-electron chi connectivity index (χ4n) is 2.64. The number of para-hydroxylation sites is 2. The number of nitrogens with one attached hydrogen (secondary N) is 1. The number of aromatic nitrogens is 1. The summed E-state index contributed by atoms with van der Waals surface area (Å²) >= 11 is 0. The van der Waals surface area contributed by atoms with Gasteiger partial charge in [0.2, 0.25) is 0 Å². The highest BCUT2D eigenvalue weighted by Crippen LogP contribution is 2.32. The van der Waals surface area contributed by atoms with E-state index in [1.54, 1.807) is 30.5 Å². The fraction of sp³-hybridized carbons (Fsp3) is 0.143. The zero-order chi connectivity index (χ0) is 19.2. The Morgan fingerprint density at radius 3 is 2.63 bits per heavy atom. The van der Waals surface area contributed by atoms with Crippen LogP contribution in [0.2, 0.25) is 0 Å². The molecular formula is C21H21N3O3. The van der Waals surface area contributed by atoms with Gasteiger partial charge in [-0.2, -0.15) is 0 Å². The number of nitrogens with two attached hydrogens (primary N) is 1. The number of nitrogen functional groups attached to an aromatic ring is 1. The highest BCUT2D eigenvalue weighted by molar-refractivity contribution is 6.08. The molecule has 0 bridgehead atoms. The predicted molar refractivity (Wildman–Crippen MR) is 105 cm³/mol. The number of carbonyl (C=O) groups is 1. The molecule has 3 rings (SSSR count). The largest absolute Gasteiger partial charge is 0.490 e. The number of anilines is 2. The number of pyridine rings is 1. The van der Waals surface area contributed by atoms with E-state index < -0.39 is 0 Å². The van der Waals surface area contributed by atoms with Crippen LogP contribution in [0.25, 0.3) is 0 Å². The van der Waals surface area contributed by atoms with Gasteiger partial charge < -0.3 is 20.5 Å². The van der Waals surface area contributed by atoms with E-state index in [2.05, 4.69) is 10.3 Å². The van der Waals surface area contributed by atoms with Crippen molar-refractivity contribution in [3.63, 3.8) is 0 Å². The lowest BCUT2D eigenvalue weighted by Gasteiger charge is -2.13. The van der Waals surface area contributed by atoms with Gasteiger partial charge in [0.05, 0.1) is 12.2 Å². The van der Waals surface area contributed by atoms with Crippen LogP contribution in [0.15, 0.2) is 60.8 Å². The van der Waals surface area contributed by atoms with Crippen molar-refractivity contribution in [3.05, 3.63) is 71.9 Å². The molecular weight excluding hydrogens is 342 g/mol. The number of hydrogen-bond donors (Lipinski definition) is 2. The van der Waals surface area contributed by atoms with Gasteiger partial charge in [-0.15, -0.1) is 0 Å².